The third-order valence-corrected chi connectivity index (χ3v) is 5.52. The van der Waals surface area contributed by atoms with Crippen molar-refractivity contribution in [2.24, 2.45) is 17.6 Å². The van der Waals surface area contributed by atoms with E-state index < -0.39 is 18.2 Å². The molecule has 7 heteroatoms. The van der Waals surface area contributed by atoms with Crippen molar-refractivity contribution < 1.29 is 24.5 Å². The van der Waals surface area contributed by atoms with Gasteiger partial charge >= 0.3 is 5.97 Å². The number of ether oxygens (including phenoxy) is 2. The van der Waals surface area contributed by atoms with E-state index in [0.717, 1.165) is 0 Å². The van der Waals surface area contributed by atoms with E-state index in [0.29, 0.717) is 25.7 Å². The lowest BCUT2D eigenvalue weighted by atomic mass is 9.86. The van der Waals surface area contributed by atoms with Crippen LogP contribution in [0.4, 0.5) is 0 Å². The first-order valence-corrected chi connectivity index (χ1v) is 11.1. The monoisotopic (exact) mass is 499 g/mol. The Morgan fingerprint density at radius 2 is 1.85 bits per heavy atom. The molecule has 6 nitrogen and oxygen atoms in total. The lowest BCUT2D eigenvalue weighted by Gasteiger charge is -2.33. The van der Waals surface area contributed by atoms with Crippen molar-refractivity contribution in [2.75, 3.05) is 7.11 Å². The quantitative estimate of drug-likeness (QED) is 0.251. The molecule has 3 unspecified atom stereocenters. The molecule has 0 aromatic heterocycles. The van der Waals surface area contributed by atoms with Gasteiger partial charge in [0.1, 0.15) is 6.10 Å². The van der Waals surface area contributed by atoms with E-state index in [9.17, 15) is 15.0 Å². The molecule has 27 heavy (non-hydrogen) atoms. The highest BCUT2D eigenvalue weighted by atomic mass is 127. The van der Waals surface area contributed by atoms with Crippen molar-refractivity contribution in [1.29, 1.82) is 0 Å². The predicted molar refractivity (Wildman–Crippen MR) is 117 cm³/mol. The van der Waals surface area contributed by atoms with E-state index in [1.54, 1.807) is 14.0 Å². The Hall–Kier alpha value is -0.220. The van der Waals surface area contributed by atoms with Crippen LogP contribution in [0.15, 0.2) is 10.2 Å². The van der Waals surface area contributed by atoms with Crippen LogP contribution in [-0.4, -0.2) is 53.7 Å². The number of aliphatic hydroxyl groups is 2. The van der Waals surface area contributed by atoms with Crippen molar-refractivity contribution in [3.05, 3.63) is 10.2 Å². The molecule has 0 saturated carbocycles. The SMILES string of the molecule is CCC(=O)O[C@@H](CC[C@H](N)[C@@H](O)CC(O)CC)C(C)[C@H](OC)C(C)/C=C/I. The highest BCUT2D eigenvalue weighted by molar-refractivity contribution is 14.1. The molecule has 0 saturated heterocycles. The van der Waals surface area contributed by atoms with Gasteiger partial charge in [0, 0.05) is 37.8 Å². The molecule has 0 heterocycles. The summed E-state index contributed by atoms with van der Waals surface area (Å²) in [6, 6.07) is -0.478. The number of carbonyl (C=O) groups is 1. The van der Waals surface area contributed by atoms with Crippen LogP contribution in [0.25, 0.3) is 0 Å². The summed E-state index contributed by atoms with van der Waals surface area (Å²) in [5.41, 5.74) is 6.10. The Balaban J connectivity index is 5.05. The maximum Gasteiger partial charge on any atom is 0.305 e. The minimum atomic E-state index is -0.781. The highest BCUT2D eigenvalue weighted by Gasteiger charge is 2.32. The highest BCUT2D eigenvalue weighted by Crippen LogP contribution is 2.26. The van der Waals surface area contributed by atoms with Gasteiger partial charge in [-0.2, -0.15) is 0 Å². The van der Waals surface area contributed by atoms with Gasteiger partial charge in [-0.25, -0.2) is 0 Å². The Morgan fingerprint density at radius 1 is 1.22 bits per heavy atom. The number of aliphatic hydroxyl groups excluding tert-OH is 2. The average Bonchev–Trinajstić information content (AvgIpc) is 2.64. The number of hydrogen-bond acceptors (Lipinski definition) is 6. The zero-order valence-corrected chi connectivity index (χ0v) is 19.5. The van der Waals surface area contributed by atoms with Crippen LogP contribution in [0.5, 0.6) is 0 Å². The van der Waals surface area contributed by atoms with Crippen molar-refractivity contribution in [3.63, 3.8) is 0 Å². The number of halogens is 1. The molecule has 0 radical (unpaired) electrons. The van der Waals surface area contributed by atoms with Crippen LogP contribution in [0, 0.1) is 11.8 Å². The zero-order valence-electron chi connectivity index (χ0n) is 17.3. The number of rotatable bonds is 14. The first-order valence-electron chi connectivity index (χ1n) is 9.82. The summed E-state index contributed by atoms with van der Waals surface area (Å²) >= 11 is 2.18. The lowest BCUT2D eigenvalue weighted by molar-refractivity contribution is -0.155. The molecular formula is C20H38INO5. The molecule has 0 aliphatic carbocycles. The van der Waals surface area contributed by atoms with E-state index in [2.05, 4.69) is 35.6 Å². The van der Waals surface area contributed by atoms with Gasteiger partial charge in [-0.1, -0.05) is 56.4 Å². The first kappa shape index (κ1) is 26.8. The van der Waals surface area contributed by atoms with Crippen LogP contribution in [0.2, 0.25) is 0 Å². The molecule has 0 amide bonds. The molecule has 0 spiro atoms. The van der Waals surface area contributed by atoms with E-state index >= 15 is 0 Å². The molecule has 4 N–H and O–H groups in total. The second-order valence-corrected chi connectivity index (χ2v) is 7.94. The zero-order chi connectivity index (χ0) is 21.0. The van der Waals surface area contributed by atoms with Gasteiger partial charge in [0.15, 0.2) is 0 Å². The van der Waals surface area contributed by atoms with Gasteiger partial charge in [-0.15, -0.1) is 0 Å². The summed E-state index contributed by atoms with van der Waals surface area (Å²) in [7, 11) is 1.67. The Morgan fingerprint density at radius 3 is 2.33 bits per heavy atom. The molecule has 0 aliphatic heterocycles. The Labute approximate surface area is 178 Å². The number of methoxy groups -OCH3 is 1. The van der Waals surface area contributed by atoms with Gasteiger partial charge in [0.2, 0.25) is 0 Å². The van der Waals surface area contributed by atoms with Crippen molar-refractivity contribution >= 4 is 28.6 Å². The molecule has 0 rings (SSSR count). The van der Waals surface area contributed by atoms with Crippen LogP contribution in [-0.2, 0) is 14.3 Å². The van der Waals surface area contributed by atoms with E-state index in [1.807, 2.05) is 17.9 Å². The largest absolute Gasteiger partial charge is 0.462 e. The summed E-state index contributed by atoms with van der Waals surface area (Å²) in [4.78, 5) is 11.9. The molecule has 160 valence electrons. The third-order valence-electron chi connectivity index (χ3n) is 5.11. The van der Waals surface area contributed by atoms with Crippen molar-refractivity contribution in [2.45, 2.75) is 90.3 Å². The molecule has 0 aromatic rings. The third kappa shape index (κ3) is 10.2. The van der Waals surface area contributed by atoms with Crippen LogP contribution >= 0.6 is 22.6 Å². The molecule has 0 aromatic carbocycles. The van der Waals surface area contributed by atoms with Crippen molar-refractivity contribution in [3.8, 4) is 0 Å². The van der Waals surface area contributed by atoms with Gasteiger partial charge in [0.25, 0.3) is 0 Å². The number of hydrogen-bond donors (Lipinski definition) is 3. The van der Waals surface area contributed by atoms with Crippen LogP contribution < -0.4 is 5.73 Å². The topological polar surface area (TPSA) is 102 Å². The molecule has 0 aliphatic rings. The summed E-state index contributed by atoms with van der Waals surface area (Å²) in [5, 5.41) is 19.9. The molecular weight excluding hydrogens is 461 g/mol. The van der Waals surface area contributed by atoms with E-state index in [1.165, 1.54) is 0 Å². The predicted octanol–water partition coefficient (Wildman–Crippen LogP) is 3.17. The fraction of sp³-hybridized carbons (Fsp3) is 0.850. The normalized spacial score (nSPS) is 19.9. The molecule has 0 bridgehead atoms. The molecule has 7 atom stereocenters. The fourth-order valence-electron chi connectivity index (χ4n) is 3.19. The van der Waals surface area contributed by atoms with Gasteiger partial charge in [-0.05, 0) is 23.3 Å². The maximum atomic E-state index is 11.9. The van der Waals surface area contributed by atoms with Gasteiger partial charge in [0.05, 0.1) is 18.3 Å². The minimum absolute atomic E-state index is 0.0290. The first-order chi connectivity index (χ1) is 12.7. The number of esters is 1. The second kappa shape index (κ2) is 14.7. The smallest absolute Gasteiger partial charge is 0.305 e. The van der Waals surface area contributed by atoms with Gasteiger partial charge in [-0.3, -0.25) is 4.79 Å². The van der Waals surface area contributed by atoms with Crippen molar-refractivity contribution in [1.82, 2.24) is 0 Å². The fourth-order valence-corrected chi connectivity index (χ4v) is 3.85. The summed E-state index contributed by atoms with van der Waals surface area (Å²) < 4.78 is 13.3. The number of carbonyl (C=O) groups excluding carboxylic acids is 1. The van der Waals surface area contributed by atoms with Gasteiger partial charge < -0.3 is 25.4 Å². The summed E-state index contributed by atoms with van der Waals surface area (Å²) in [6.07, 6.45) is 2.45. The second-order valence-electron chi connectivity index (χ2n) is 7.23. The summed E-state index contributed by atoms with van der Waals surface area (Å²) in [6.45, 7) is 7.71. The minimum Gasteiger partial charge on any atom is -0.462 e. The van der Waals surface area contributed by atoms with Crippen LogP contribution in [0.1, 0.15) is 59.8 Å². The van der Waals surface area contributed by atoms with E-state index in [4.69, 9.17) is 15.2 Å². The lowest BCUT2D eigenvalue weighted by Crippen LogP contribution is -2.41. The standard InChI is InChI=1S/C20H38INO5/c1-6-15(23)12-17(24)16(22)8-9-18(27-19(25)7-2)14(4)20(26-5)13(3)10-11-21/h10-11,13-18,20,23-24H,6-9,12,22H2,1-5H3/b11-10+/t13?,14?,15?,16-,17-,18-,20+/m0/s1. The van der Waals surface area contributed by atoms with E-state index in [-0.39, 0.29) is 36.4 Å². The Bertz CT molecular complexity index is 435. The summed E-state index contributed by atoms with van der Waals surface area (Å²) in [5.74, 6) is -0.114. The number of nitrogens with two attached hydrogens (primary N) is 1. The maximum absolute atomic E-state index is 11.9. The Kier molecular flexibility index (Phi) is 14.6. The average molecular weight is 499 g/mol. The molecule has 0 fully saturated rings. The van der Waals surface area contributed by atoms with Crippen LogP contribution in [0.3, 0.4) is 0 Å².